The predicted molar refractivity (Wildman–Crippen MR) is 351 cm³/mol. The van der Waals surface area contributed by atoms with Crippen LogP contribution in [0.4, 0.5) is 0 Å². The van der Waals surface area contributed by atoms with Crippen molar-refractivity contribution in [1.29, 1.82) is 0 Å². The van der Waals surface area contributed by atoms with E-state index in [0.29, 0.717) is 75.1 Å². The Balaban J connectivity index is 0. The number of carbonyl (C=O) groups excluding carboxylic acids is 4. The minimum atomic E-state index is -0.111. The van der Waals surface area contributed by atoms with Crippen molar-refractivity contribution >= 4 is 47.4 Å². The van der Waals surface area contributed by atoms with Crippen LogP contribution >= 0.6 is 23.5 Å². The van der Waals surface area contributed by atoms with Gasteiger partial charge in [-0.15, -0.1) is 0 Å². The molecule has 0 rings (SSSR count). The SMILES string of the molecule is CCCCCCCCCCCCCCCOC(=O)CCSCCC(=O)OCCCCCCCCCCCCCCC.CCCCCCCCCCCCCCOC(=O)CCSCCC(=O)OCCCCCCCCCCCCCC. The Morgan fingerprint density at radius 3 is 0.463 bits per heavy atom. The zero-order valence-electron chi connectivity index (χ0n) is 53.9. The van der Waals surface area contributed by atoms with Gasteiger partial charge in [0.2, 0.25) is 0 Å². The van der Waals surface area contributed by atoms with Gasteiger partial charge in [0.05, 0.1) is 52.1 Å². The molecule has 0 heterocycles. The van der Waals surface area contributed by atoms with Gasteiger partial charge in [0.25, 0.3) is 0 Å². The third-order valence-electron chi connectivity index (χ3n) is 15.3. The molecule has 0 atom stereocenters. The average molecular weight is 1170 g/mol. The number of rotatable bonds is 66. The maximum absolute atomic E-state index is 11.9. The van der Waals surface area contributed by atoms with Gasteiger partial charge < -0.3 is 18.9 Å². The first kappa shape index (κ1) is 80.6. The van der Waals surface area contributed by atoms with Gasteiger partial charge in [0, 0.05) is 23.0 Å². The van der Waals surface area contributed by atoms with E-state index in [-0.39, 0.29) is 23.9 Å². The van der Waals surface area contributed by atoms with E-state index in [4.69, 9.17) is 18.9 Å². The summed E-state index contributed by atoms with van der Waals surface area (Å²) in [5.41, 5.74) is 0. The van der Waals surface area contributed by atoms with Crippen molar-refractivity contribution < 1.29 is 38.1 Å². The molecule has 0 spiro atoms. The van der Waals surface area contributed by atoms with Gasteiger partial charge >= 0.3 is 23.9 Å². The lowest BCUT2D eigenvalue weighted by atomic mass is 10.0. The summed E-state index contributed by atoms with van der Waals surface area (Å²) >= 11 is 3.27. The molecule has 0 fully saturated rings. The summed E-state index contributed by atoms with van der Waals surface area (Å²) in [7, 11) is 0. The lowest BCUT2D eigenvalue weighted by molar-refractivity contribution is -0.144. The van der Waals surface area contributed by atoms with Gasteiger partial charge in [-0.05, 0) is 25.7 Å². The molecule has 8 nitrogen and oxygen atoms in total. The Morgan fingerprint density at radius 1 is 0.200 bits per heavy atom. The van der Waals surface area contributed by atoms with Crippen LogP contribution in [0.3, 0.4) is 0 Å². The van der Waals surface area contributed by atoms with Crippen LogP contribution in [0, 0.1) is 0 Å². The van der Waals surface area contributed by atoms with Crippen molar-refractivity contribution in [1.82, 2.24) is 0 Å². The van der Waals surface area contributed by atoms with Gasteiger partial charge in [-0.1, -0.05) is 323 Å². The van der Waals surface area contributed by atoms with Crippen molar-refractivity contribution in [3.05, 3.63) is 0 Å². The second-order valence-corrected chi connectivity index (χ2v) is 25.8. The van der Waals surface area contributed by atoms with Crippen molar-refractivity contribution in [3.63, 3.8) is 0 Å². The van der Waals surface area contributed by atoms with Gasteiger partial charge in [0.1, 0.15) is 0 Å². The van der Waals surface area contributed by atoms with Crippen molar-refractivity contribution in [2.24, 2.45) is 0 Å². The van der Waals surface area contributed by atoms with Crippen LogP contribution in [0.2, 0.25) is 0 Å². The second-order valence-electron chi connectivity index (χ2n) is 23.4. The Kier molecular flexibility index (Phi) is 74.3. The molecule has 0 aliphatic carbocycles. The zero-order chi connectivity index (χ0) is 58.4. The largest absolute Gasteiger partial charge is 0.466 e. The first-order valence-electron chi connectivity index (χ1n) is 35.2. The second kappa shape index (κ2) is 73.7. The highest BCUT2D eigenvalue weighted by Crippen LogP contribution is 2.17. The molecular formula is C70H136O8S2. The third kappa shape index (κ3) is 74.6. The molecule has 10 heteroatoms. The molecule has 0 radical (unpaired) electrons. The summed E-state index contributed by atoms with van der Waals surface area (Å²) in [4.78, 5) is 47.5. The quantitative estimate of drug-likeness (QED) is 0.0332. The van der Waals surface area contributed by atoms with Gasteiger partial charge in [-0.2, -0.15) is 23.5 Å². The first-order valence-corrected chi connectivity index (χ1v) is 37.5. The van der Waals surface area contributed by atoms with Gasteiger partial charge in [-0.25, -0.2) is 0 Å². The molecular weight excluding hydrogens is 1030 g/mol. The van der Waals surface area contributed by atoms with Crippen LogP contribution in [0.5, 0.6) is 0 Å². The van der Waals surface area contributed by atoms with E-state index in [0.717, 1.165) is 51.4 Å². The number of carbonyl (C=O) groups is 4. The number of esters is 4. The molecule has 0 aliphatic heterocycles. The molecule has 0 aromatic rings. The van der Waals surface area contributed by atoms with E-state index < -0.39 is 0 Å². The Hall–Kier alpha value is -1.42. The number of hydrogen-bond donors (Lipinski definition) is 0. The summed E-state index contributed by atoms with van der Waals surface area (Å²) in [5.74, 6) is 2.41. The first-order chi connectivity index (χ1) is 39.4. The number of thioether (sulfide) groups is 2. The number of hydrogen-bond acceptors (Lipinski definition) is 10. The van der Waals surface area contributed by atoms with E-state index in [1.54, 1.807) is 23.5 Å². The summed E-state index contributed by atoms with van der Waals surface area (Å²) < 4.78 is 21.4. The van der Waals surface area contributed by atoms with E-state index in [9.17, 15) is 19.2 Å². The lowest BCUT2D eigenvalue weighted by Crippen LogP contribution is -2.09. The summed E-state index contributed by atoms with van der Waals surface area (Å²) in [6, 6.07) is 0. The number of unbranched alkanes of at least 4 members (excludes halogenated alkanes) is 46. The molecule has 0 bridgehead atoms. The van der Waals surface area contributed by atoms with E-state index in [1.807, 2.05) is 0 Å². The maximum atomic E-state index is 11.9. The van der Waals surface area contributed by atoms with Gasteiger partial charge in [-0.3, -0.25) is 19.2 Å². The van der Waals surface area contributed by atoms with Crippen LogP contribution < -0.4 is 0 Å². The van der Waals surface area contributed by atoms with Crippen molar-refractivity contribution in [2.45, 2.75) is 374 Å². The van der Waals surface area contributed by atoms with Crippen molar-refractivity contribution in [2.75, 3.05) is 49.4 Å². The average Bonchev–Trinajstić information content (AvgIpc) is 3.45. The topological polar surface area (TPSA) is 105 Å². The molecule has 0 amide bonds. The summed E-state index contributed by atoms with van der Waals surface area (Å²) in [6.07, 6.45) is 67.5. The Labute approximate surface area is 506 Å². The smallest absolute Gasteiger partial charge is 0.306 e. The highest BCUT2D eigenvalue weighted by molar-refractivity contribution is 7.99. The molecule has 0 aromatic heterocycles. The predicted octanol–water partition coefficient (Wildman–Crippen LogP) is 22.8. The molecule has 0 aromatic carbocycles. The van der Waals surface area contributed by atoms with E-state index in [2.05, 4.69) is 27.7 Å². The monoisotopic (exact) mass is 1170 g/mol. The lowest BCUT2D eigenvalue weighted by Gasteiger charge is -2.06. The summed E-state index contributed by atoms with van der Waals surface area (Å²) in [6.45, 7) is 11.3. The van der Waals surface area contributed by atoms with Crippen molar-refractivity contribution in [3.8, 4) is 0 Å². The fourth-order valence-electron chi connectivity index (χ4n) is 9.98. The fourth-order valence-corrected chi connectivity index (χ4v) is 11.6. The highest BCUT2D eigenvalue weighted by atomic mass is 32.2. The molecule has 0 saturated carbocycles. The zero-order valence-corrected chi connectivity index (χ0v) is 55.6. The third-order valence-corrected chi connectivity index (χ3v) is 17.3. The standard InChI is InChI=1S/C36H70O4S.C34H66O4S/c1-3-5-7-9-11-13-15-17-19-21-23-25-27-31-39-35(37)29-33-41-34-30-36(38)40-32-28-26-24-22-20-18-16-14-12-10-8-6-4-2;1-3-5-7-9-11-13-15-17-19-21-23-25-29-37-33(35)27-31-39-32-28-34(36)38-30-26-24-22-20-18-16-14-12-10-8-6-4-2/h3-34H2,1-2H3;3-32H2,1-2H3. The molecule has 0 N–H and O–H groups in total. The van der Waals surface area contributed by atoms with E-state index >= 15 is 0 Å². The minimum absolute atomic E-state index is 0.110. The molecule has 0 saturated heterocycles. The fraction of sp³-hybridized carbons (Fsp3) is 0.943. The number of ether oxygens (including phenoxy) is 4. The molecule has 0 unspecified atom stereocenters. The van der Waals surface area contributed by atoms with Gasteiger partial charge in [0.15, 0.2) is 0 Å². The maximum Gasteiger partial charge on any atom is 0.306 e. The van der Waals surface area contributed by atoms with Crippen LogP contribution in [-0.2, 0) is 38.1 Å². The van der Waals surface area contributed by atoms with Crippen LogP contribution in [0.25, 0.3) is 0 Å². The van der Waals surface area contributed by atoms with Crippen LogP contribution in [0.1, 0.15) is 374 Å². The molecule has 80 heavy (non-hydrogen) atoms. The molecule has 476 valence electrons. The normalized spacial score (nSPS) is 11.2. The molecule has 0 aliphatic rings. The van der Waals surface area contributed by atoms with Crippen LogP contribution in [-0.4, -0.2) is 73.3 Å². The van der Waals surface area contributed by atoms with E-state index in [1.165, 1.54) is 270 Å². The minimum Gasteiger partial charge on any atom is -0.466 e. The Bertz CT molecular complexity index is 1150. The Morgan fingerprint density at radius 2 is 0.325 bits per heavy atom. The summed E-state index contributed by atoms with van der Waals surface area (Å²) in [5, 5.41) is 0. The highest BCUT2D eigenvalue weighted by Gasteiger charge is 2.08. The van der Waals surface area contributed by atoms with Crippen LogP contribution in [0.15, 0.2) is 0 Å².